The fourth-order valence-electron chi connectivity index (χ4n) is 3.52. The number of sulfonamides is 1. The first-order valence-corrected chi connectivity index (χ1v) is 11.6. The largest absolute Gasteiger partial charge is 0.487 e. The zero-order valence-electron chi connectivity index (χ0n) is 17.9. The second kappa shape index (κ2) is 9.06. The summed E-state index contributed by atoms with van der Waals surface area (Å²) >= 11 is 0. The van der Waals surface area contributed by atoms with Crippen molar-refractivity contribution in [2.75, 3.05) is 13.6 Å². The summed E-state index contributed by atoms with van der Waals surface area (Å²) in [6.45, 7) is 7.24. The van der Waals surface area contributed by atoms with E-state index in [4.69, 9.17) is 4.74 Å². The molecule has 0 saturated heterocycles. The van der Waals surface area contributed by atoms with Crippen molar-refractivity contribution in [2.24, 2.45) is 4.99 Å². The molecule has 8 heteroatoms. The predicted molar refractivity (Wildman–Crippen MR) is 119 cm³/mol. The molecule has 2 aromatic rings. The maximum absolute atomic E-state index is 12.1. The van der Waals surface area contributed by atoms with Gasteiger partial charge in [0.1, 0.15) is 11.4 Å². The number of guanidine groups is 1. The van der Waals surface area contributed by atoms with Crippen LogP contribution in [0.3, 0.4) is 0 Å². The number of rotatable bonds is 6. The van der Waals surface area contributed by atoms with Gasteiger partial charge < -0.3 is 15.4 Å². The summed E-state index contributed by atoms with van der Waals surface area (Å²) in [5.41, 5.74) is 1.62. The van der Waals surface area contributed by atoms with Gasteiger partial charge in [0.2, 0.25) is 10.0 Å². The second-order valence-electron chi connectivity index (χ2n) is 7.85. The number of para-hydroxylation sites is 1. The molecule has 0 spiro atoms. The average molecular weight is 431 g/mol. The van der Waals surface area contributed by atoms with Gasteiger partial charge in [-0.15, -0.1) is 0 Å². The van der Waals surface area contributed by atoms with Gasteiger partial charge in [0, 0.05) is 18.5 Å². The molecule has 0 fully saturated rings. The monoisotopic (exact) mass is 430 g/mol. The highest BCUT2D eigenvalue weighted by molar-refractivity contribution is 7.89. The molecule has 3 N–H and O–H groups in total. The van der Waals surface area contributed by atoms with Crippen molar-refractivity contribution in [2.45, 2.75) is 50.3 Å². The van der Waals surface area contributed by atoms with Crippen LogP contribution in [0.1, 0.15) is 44.4 Å². The minimum atomic E-state index is -3.48. The second-order valence-corrected chi connectivity index (χ2v) is 9.74. The summed E-state index contributed by atoms with van der Waals surface area (Å²) in [6, 6.07) is 14.9. The maximum Gasteiger partial charge on any atom is 0.240 e. The highest BCUT2D eigenvalue weighted by atomic mass is 32.2. The van der Waals surface area contributed by atoms with Crippen LogP contribution in [0.2, 0.25) is 0 Å². The van der Waals surface area contributed by atoms with Gasteiger partial charge in [-0.05, 0) is 51.6 Å². The molecule has 7 nitrogen and oxygen atoms in total. The third-order valence-corrected chi connectivity index (χ3v) is 6.34. The SMILES string of the molecule is CCNC(=NCc1cccc(S(=O)(=O)NC)c1)NC1CC(C)(C)Oc2ccccc21. The van der Waals surface area contributed by atoms with Crippen LogP contribution in [0.15, 0.2) is 58.4 Å². The van der Waals surface area contributed by atoms with E-state index in [1.807, 2.05) is 31.2 Å². The standard InChI is InChI=1S/C22H30N4O3S/c1-5-24-21(25-15-16-9-8-10-17(13-16)30(27,28)23-4)26-19-14-22(2,3)29-20-12-7-6-11-18(19)20/h6-13,19,23H,5,14-15H2,1-4H3,(H2,24,25,26). The van der Waals surface area contributed by atoms with Crippen LogP contribution in [-0.2, 0) is 16.6 Å². The zero-order chi connectivity index (χ0) is 21.8. The van der Waals surface area contributed by atoms with Gasteiger partial charge in [0.25, 0.3) is 0 Å². The van der Waals surface area contributed by atoms with Gasteiger partial charge >= 0.3 is 0 Å². The number of nitrogens with zero attached hydrogens (tertiary/aromatic N) is 1. The van der Waals surface area contributed by atoms with Gasteiger partial charge in [0.15, 0.2) is 5.96 Å². The van der Waals surface area contributed by atoms with Crippen molar-refractivity contribution in [1.29, 1.82) is 0 Å². The smallest absolute Gasteiger partial charge is 0.240 e. The van der Waals surface area contributed by atoms with E-state index in [2.05, 4.69) is 40.3 Å². The molecule has 1 atom stereocenters. The van der Waals surface area contributed by atoms with E-state index in [0.717, 1.165) is 23.3 Å². The van der Waals surface area contributed by atoms with Crippen LogP contribution < -0.4 is 20.1 Å². The Morgan fingerprint density at radius 2 is 1.97 bits per heavy atom. The Labute approximate surface area is 179 Å². The van der Waals surface area contributed by atoms with Crippen LogP contribution in [0, 0.1) is 0 Å². The molecule has 162 valence electrons. The van der Waals surface area contributed by atoms with Gasteiger partial charge in [0.05, 0.1) is 17.5 Å². The van der Waals surface area contributed by atoms with Crippen LogP contribution in [0.25, 0.3) is 0 Å². The normalized spacial score (nSPS) is 18.3. The first-order chi connectivity index (χ1) is 14.2. The molecule has 0 bridgehead atoms. The maximum atomic E-state index is 12.1. The summed E-state index contributed by atoms with van der Waals surface area (Å²) in [4.78, 5) is 4.92. The Morgan fingerprint density at radius 1 is 1.20 bits per heavy atom. The van der Waals surface area contributed by atoms with Gasteiger partial charge in [-0.2, -0.15) is 0 Å². The van der Waals surface area contributed by atoms with Gasteiger partial charge in [-0.1, -0.05) is 30.3 Å². The Morgan fingerprint density at radius 3 is 2.70 bits per heavy atom. The van der Waals surface area contributed by atoms with E-state index in [0.29, 0.717) is 19.0 Å². The highest BCUT2D eigenvalue weighted by Gasteiger charge is 2.33. The molecule has 0 amide bonds. The lowest BCUT2D eigenvalue weighted by Crippen LogP contribution is -2.45. The van der Waals surface area contributed by atoms with Crippen molar-refractivity contribution in [3.8, 4) is 5.75 Å². The van der Waals surface area contributed by atoms with Crippen molar-refractivity contribution in [3.63, 3.8) is 0 Å². The van der Waals surface area contributed by atoms with E-state index >= 15 is 0 Å². The van der Waals surface area contributed by atoms with E-state index in [-0.39, 0.29) is 16.5 Å². The van der Waals surface area contributed by atoms with Crippen LogP contribution in [0.4, 0.5) is 0 Å². The summed E-state index contributed by atoms with van der Waals surface area (Å²) in [7, 11) is -2.08. The molecule has 1 aliphatic heterocycles. The third-order valence-electron chi connectivity index (χ3n) is 4.93. The lowest BCUT2D eigenvalue weighted by atomic mass is 9.90. The topological polar surface area (TPSA) is 91.8 Å². The molecule has 0 aromatic heterocycles. The summed E-state index contributed by atoms with van der Waals surface area (Å²) in [5, 5.41) is 6.81. The van der Waals surface area contributed by atoms with E-state index in [1.165, 1.54) is 7.05 Å². The van der Waals surface area contributed by atoms with E-state index in [9.17, 15) is 8.42 Å². The summed E-state index contributed by atoms with van der Waals surface area (Å²) in [5.74, 6) is 1.56. The predicted octanol–water partition coefficient (Wildman–Crippen LogP) is 2.95. The molecule has 1 unspecified atom stereocenters. The van der Waals surface area contributed by atoms with Crippen LogP contribution >= 0.6 is 0 Å². The highest BCUT2D eigenvalue weighted by Crippen LogP contribution is 2.39. The van der Waals surface area contributed by atoms with Crippen molar-refractivity contribution >= 4 is 16.0 Å². The summed E-state index contributed by atoms with van der Waals surface area (Å²) < 4.78 is 32.6. The van der Waals surface area contributed by atoms with Gasteiger partial charge in [-0.25, -0.2) is 18.1 Å². The fourth-order valence-corrected chi connectivity index (χ4v) is 4.32. The molecule has 1 heterocycles. The van der Waals surface area contributed by atoms with E-state index in [1.54, 1.807) is 18.2 Å². The Kier molecular flexibility index (Phi) is 6.67. The molecule has 3 rings (SSSR count). The number of hydrogen-bond donors (Lipinski definition) is 3. The molecular formula is C22H30N4O3S. The molecule has 30 heavy (non-hydrogen) atoms. The fraction of sp³-hybridized carbons (Fsp3) is 0.409. The molecule has 0 aliphatic carbocycles. The Balaban J connectivity index is 1.82. The Hall–Kier alpha value is -2.58. The van der Waals surface area contributed by atoms with Crippen molar-refractivity contribution < 1.29 is 13.2 Å². The average Bonchev–Trinajstić information content (AvgIpc) is 2.71. The Bertz CT molecular complexity index is 1020. The molecule has 2 aromatic carbocycles. The summed E-state index contributed by atoms with van der Waals surface area (Å²) in [6.07, 6.45) is 0.796. The molecule has 0 saturated carbocycles. The van der Waals surface area contributed by atoms with E-state index < -0.39 is 10.0 Å². The number of benzene rings is 2. The minimum Gasteiger partial charge on any atom is -0.487 e. The van der Waals surface area contributed by atoms with Crippen molar-refractivity contribution in [3.05, 3.63) is 59.7 Å². The molecular weight excluding hydrogens is 400 g/mol. The minimum absolute atomic E-state index is 0.0544. The van der Waals surface area contributed by atoms with Crippen LogP contribution in [-0.4, -0.2) is 33.6 Å². The first kappa shape index (κ1) is 22.1. The number of aliphatic imine (C=N–C) groups is 1. The number of hydrogen-bond acceptors (Lipinski definition) is 4. The quantitative estimate of drug-likeness (QED) is 0.484. The van der Waals surface area contributed by atoms with Crippen molar-refractivity contribution in [1.82, 2.24) is 15.4 Å². The molecule has 0 radical (unpaired) electrons. The lowest BCUT2D eigenvalue weighted by molar-refractivity contribution is 0.0694. The lowest BCUT2D eigenvalue weighted by Gasteiger charge is -2.38. The first-order valence-electron chi connectivity index (χ1n) is 10.1. The van der Waals surface area contributed by atoms with Crippen LogP contribution in [0.5, 0.6) is 5.75 Å². The zero-order valence-corrected chi connectivity index (χ0v) is 18.7. The van der Waals surface area contributed by atoms with Gasteiger partial charge in [-0.3, -0.25) is 0 Å². The number of ether oxygens (including phenoxy) is 1. The number of fused-ring (bicyclic) bond motifs is 1. The number of nitrogens with one attached hydrogen (secondary N) is 3. The molecule has 1 aliphatic rings. The third kappa shape index (κ3) is 5.31.